The molecule has 0 saturated carbocycles. The van der Waals surface area contributed by atoms with E-state index < -0.39 is 0 Å². The molecule has 2 aromatic rings. The van der Waals surface area contributed by atoms with Crippen molar-refractivity contribution in [1.82, 2.24) is 10.3 Å². The average molecular weight is 373 g/mol. The van der Waals surface area contributed by atoms with Crippen LogP contribution in [0.4, 0.5) is 5.69 Å². The summed E-state index contributed by atoms with van der Waals surface area (Å²) in [5, 5.41) is 4.53. The molecule has 0 amide bonds. The van der Waals surface area contributed by atoms with Gasteiger partial charge in [0.05, 0.1) is 28.5 Å². The Labute approximate surface area is 139 Å². The molecule has 1 N–H and O–H groups in total. The Kier molecular flexibility index (Phi) is 5.30. The SMILES string of the molecule is COc1ccc2nc(C)c(Br)c(N3CCNCC3)c2c1.Cl. The van der Waals surface area contributed by atoms with Crippen molar-refractivity contribution in [3.63, 3.8) is 0 Å². The first kappa shape index (κ1) is 16.3. The van der Waals surface area contributed by atoms with E-state index in [0.29, 0.717) is 0 Å². The van der Waals surface area contributed by atoms with E-state index in [9.17, 15) is 0 Å². The Morgan fingerprint density at radius 3 is 2.67 bits per heavy atom. The number of methoxy groups -OCH3 is 1. The number of pyridine rings is 1. The third kappa shape index (κ3) is 3.10. The third-order valence-electron chi connectivity index (χ3n) is 3.71. The van der Waals surface area contributed by atoms with Crippen molar-refractivity contribution in [3.05, 3.63) is 28.4 Å². The molecule has 0 aliphatic carbocycles. The van der Waals surface area contributed by atoms with Crippen molar-refractivity contribution in [2.45, 2.75) is 6.92 Å². The predicted molar refractivity (Wildman–Crippen MR) is 93.1 cm³/mol. The fourth-order valence-corrected chi connectivity index (χ4v) is 3.20. The zero-order chi connectivity index (χ0) is 14.1. The molecule has 21 heavy (non-hydrogen) atoms. The fraction of sp³-hybridized carbons (Fsp3) is 0.400. The van der Waals surface area contributed by atoms with Gasteiger partial charge in [0.15, 0.2) is 0 Å². The van der Waals surface area contributed by atoms with E-state index >= 15 is 0 Å². The summed E-state index contributed by atoms with van der Waals surface area (Å²) in [4.78, 5) is 7.08. The van der Waals surface area contributed by atoms with E-state index in [4.69, 9.17) is 4.74 Å². The number of anilines is 1. The van der Waals surface area contributed by atoms with E-state index in [1.807, 2.05) is 19.1 Å². The van der Waals surface area contributed by atoms with E-state index in [1.165, 1.54) is 5.69 Å². The predicted octanol–water partition coefficient (Wildman–Crippen LogP) is 3.15. The quantitative estimate of drug-likeness (QED) is 0.879. The first-order chi connectivity index (χ1) is 9.70. The molecule has 1 fully saturated rings. The van der Waals surface area contributed by atoms with Gasteiger partial charge in [-0.05, 0) is 41.1 Å². The van der Waals surface area contributed by atoms with Crippen LogP contribution in [-0.4, -0.2) is 38.3 Å². The van der Waals surface area contributed by atoms with Gasteiger partial charge in [0.25, 0.3) is 0 Å². The molecule has 4 nitrogen and oxygen atoms in total. The first-order valence-corrected chi connectivity index (χ1v) is 7.59. The van der Waals surface area contributed by atoms with Gasteiger partial charge in [0.1, 0.15) is 5.75 Å². The van der Waals surface area contributed by atoms with Gasteiger partial charge in [0, 0.05) is 31.6 Å². The summed E-state index contributed by atoms with van der Waals surface area (Å²) in [6.07, 6.45) is 0. The number of hydrogen-bond donors (Lipinski definition) is 1. The van der Waals surface area contributed by atoms with Crippen LogP contribution in [0, 0.1) is 6.92 Å². The maximum Gasteiger partial charge on any atom is 0.119 e. The highest BCUT2D eigenvalue weighted by Crippen LogP contribution is 2.37. The molecule has 6 heteroatoms. The van der Waals surface area contributed by atoms with Gasteiger partial charge in [-0.2, -0.15) is 0 Å². The molecule has 1 aromatic carbocycles. The summed E-state index contributed by atoms with van der Waals surface area (Å²) in [6.45, 7) is 6.08. The van der Waals surface area contributed by atoms with E-state index in [1.54, 1.807) is 7.11 Å². The highest BCUT2D eigenvalue weighted by molar-refractivity contribution is 9.10. The van der Waals surface area contributed by atoms with Gasteiger partial charge < -0.3 is 15.0 Å². The Morgan fingerprint density at radius 2 is 2.00 bits per heavy atom. The number of halogens is 2. The third-order valence-corrected chi connectivity index (χ3v) is 4.66. The molecule has 0 unspecified atom stereocenters. The van der Waals surface area contributed by atoms with Crippen LogP contribution < -0.4 is 15.0 Å². The molecule has 1 aliphatic rings. The van der Waals surface area contributed by atoms with Crippen molar-refractivity contribution >= 4 is 44.9 Å². The minimum Gasteiger partial charge on any atom is -0.497 e. The van der Waals surface area contributed by atoms with Gasteiger partial charge in [-0.3, -0.25) is 4.98 Å². The summed E-state index contributed by atoms with van der Waals surface area (Å²) in [7, 11) is 1.70. The number of hydrogen-bond acceptors (Lipinski definition) is 4. The normalized spacial score (nSPS) is 14.9. The molecule has 0 radical (unpaired) electrons. The second kappa shape index (κ2) is 6.81. The number of rotatable bonds is 2. The van der Waals surface area contributed by atoms with Crippen molar-refractivity contribution in [2.75, 3.05) is 38.2 Å². The average Bonchev–Trinajstić information content (AvgIpc) is 2.49. The van der Waals surface area contributed by atoms with Crippen molar-refractivity contribution in [2.24, 2.45) is 0 Å². The summed E-state index contributed by atoms with van der Waals surface area (Å²) < 4.78 is 6.44. The Hall–Kier alpha value is -1.04. The second-order valence-corrected chi connectivity index (χ2v) is 5.77. The standard InChI is InChI=1S/C15H18BrN3O.ClH/c1-10-14(16)15(19-7-5-17-6-8-19)12-9-11(20-2)3-4-13(12)18-10;/h3-4,9,17H,5-8H2,1-2H3;1H. The van der Waals surface area contributed by atoms with Crippen LogP contribution in [0.1, 0.15) is 5.69 Å². The fourth-order valence-electron chi connectivity index (χ4n) is 2.65. The maximum atomic E-state index is 5.36. The number of ether oxygens (including phenoxy) is 1. The summed E-state index contributed by atoms with van der Waals surface area (Å²) in [6, 6.07) is 6.06. The summed E-state index contributed by atoms with van der Waals surface area (Å²) in [5.41, 5.74) is 3.27. The summed E-state index contributed by atoms with van der Waals surface area (Å²) in [5.74, 6) is 0.867. The molecule has 1 saturated heterocycles. The lowest BCUT2D eigenvalue weighted by Crippen LogP contribution is -2.43. The summed E-state index contributed by atoms with van der Waals surface area (Å²) >= 11 is 3.72. The van der Waals surface area contributed by atoms with Crippen LogP contribution in [0.5, 0.6) is 5.75 Å². The van der Waals surface area contributed by atoms with Crippen molar-refractivity contribution in [1.29, 1.82) is 0 Å². The highest BCUT2D eigenvalue weighted by Gasteiger charge is 2.19. The minimum absolute atomic E-state index is 0. The van der Waals surface area contributed by atoms with E-state index in [0.717, 1.165) is 53.0 Å². The number of piperazine rings is 1. The molecule has 0 bridgehead atoms. The van der Waals surface area contributed by atoms with Crippen LogP contribution in [0.25, 0.3) is 10.9 Å². The Morgan fingerprint density at radius 1 is 1.29 bits per heavy atom. The van der Waals surface area contributed by atoms with Gasteiger partial charge in [-0.25, -0.2) is 0 Å². The molecular formula is C15H19BrClN3O. The van der Waals surface area contributed by atoms with Crippen molar-refractivity contribution < 1.29 is 4.74 Å². The van der Waals surface area contributed by atoms with Crippen LogP contribution >= 0.6 is 28.3 Å². The topological polar surface area (TPSA) is 37.4 Å². The maximum absolute atomic E-state index is 5.36. The smallest absolute Gasteiger partial charge is 0.119 e. The number of nitrogens with one attached hydrogen (secondary N) is 1. The van der Waals surface area contributed by atoms with Crippen LogP contribution in [-0.2, 0) is 0 Å². The molecule has 3 rings (SSSR count). The van der Waals surface area contributed by atoms with E-state index in [-0.39, 0.29) is 12.4 Å². The molecule has 114 valence electrons. The highest BCUT2D eigenvalue weighted by atomic mass is 79.9. The van der Waals surface area contributed by atoms with Crippen LogP contribution in [0.15, 0.2) is 22.7 Å². The Bertz CT molecular complexity index is 644. The largest absolute Gasteiger partial charge is 0.497 e. The zero-order valence-electron chi connectivity index (χ0n) is 12.1. The monoisotopic (exact) mass is 371 g/mol. The number of benzene rings is 1. The second-order valence-electron chi connectivity index (χ2n) is 4.98. The molecule has 1 aromatic heterocycles. The molecule has 1 aliphatic heterocycles. The van der Waals surface area contributed by atoms with E-state index in [2.05, 4.69) is 37.2 Å². The molecule has 0 atom stereocenters. The Balaban J connectivity index is 0.00000161. The van der Waals surface area contributed by atoms with Gasteiger partial charge in [-0.1, -0.05) is 0 Å². The van der Waals surface area contributed by atoms with Gasteiger partial charge in [-0.15, -0.1) is 12.4 Å². The lowest BCUT2D eigenvalue weighted by molar-refractivity contribution is 0.415. The number of nitrogens with zero attached hydrogens (tertiary/aromatic N) is 2. The van der Waals surface area contributed by atoms with Crippen LogP contribution in [0.2, 0.25) is 0 Å². The number of fused-ring (bicyclic) bond motifs is 1. The number of aryl methyl sites for hydroxylation is 1. The molecular weight excluding hydrogens is 354 g/mol. The van der Waals surface area contributed by atoms with Crippen LogP contribution in [0.3, 0.4) is 0 Å². The van der Waals surface area contributed by atoms with Gasteiger partial charge in [0.2, 0.25) is 0 Å². The van der Waals surface area contributed by atoms with Crippen molar-refractivity contribution in [3.8, 4) is 5.75 Å². The number of aromatic nitrogens is 1. The zero-order valence-corrected chi connectivity index (χ0v) is 14.6. The minimum atomic E-state index is 0. The lowest BCUT2D eigenvalue weighted by Gasteiger charge is -2.31. The van der Waals surface area contributed by atoms with Gasteiger partial charge >= 0.3 is 0 Å². The first-order valence-electron chi connectivity index (χ1n) is 6.80. The molecule has 0 spiro atoms. The molecule has 2 heterocycles. The lowest BCUT2D eigenvalue weighted by atomic mass is 10.1.